The summed E-state index contributed by atoms with van der Waals surface area (Å²) in [5.74, 6) is 0. The van der Waals surface area contributed by atoms with Gasteiger partial charge in [-0.05, 0) is 19.5 Å². The zero-order valence-corrected chi connectivity index (χ0v) is 6.78. The monoisotopic (exact) mass is 137 g/mol. The lowest BCUT2D eigenvalue weighted by atomic mass is 10.2. The molecule has 10 heavy (non-hydrogen) atoms. The van der Waals surface area contributed by atoms with Crippen molar-refractivity contribution in [3.63, 3.8) is 0 Å². The fourth-order valence-electron chi connectivity index (χ4n) is 0.703. The molecule has 0 bridgehead atoms. The highest BCUT2D eigenvalue weighted by atomic mass is 14.8. The number of nitrogens with one attached hydrogen (secondary N) is 1. The molecule has 0 unspecified atom stereocenters. The van der Waals surface area contributed by atoms with Crippen molar-refractivity contribution in [3.8, 4) is 0 Å². The predicted molar refractivity (Wildman–Crippen MR) is 47.0 cm³/mol. The first-order valence-corrected chi connectivity index (χ1v) is 3.33. The highest BCUT2D eigenvalue weighted by molar-refractivity contribution is 5.27. The molecule has 0 aromatic carbocycles. The van der Waals surface area contributed by atoms with Gasteiger partial charge in [0.25, 0.3) is 0 Å². The molecule has 0 heterocycles. The fraction of sp³-hybridized carbons (Fsp3) is 0.333. The van der Waals surface area contributed by atoms with Crippen LogP contribution in [0, 0.1) is 0 Å². The predicted octanol–water partition coefficient (Wildman–Crippen LogP) is 1.89. The van der Waals surface area contributed by atoms with Gasteiger partial charge in [0, 0.05) is 6.54 Å². The molecule has 1 N–H and O–H groups in total. The minimum Gasteiger partial charge on any atom is -0.316 e. The van der Waals surface area contributed by atoms with E-state index in [0.717, 1.165) is 12.1 Å². The Morgan fingerprint density at radius 2 is 2.20 bits per heavy atom. The maximum atomic E-state index is 3.77. The first kappa shape index (κ1) is 9.18. The van der Waals surface area contributed by atoms with Crippen LogP contribution in [0.4, 0.5) is 0 Å². The molecule has 0 spiro atoms. The Morgan fingerprint density at radius 1 is 1.60 bits per heavy atom. The molecular weight excluding hydrogens is 122 g/mol. The van der Waals surface area contributed by atoms with E-state index in [1.165, 1.54) is 5.57 Å². The molecule has 0 aliphatic carbocycles. The van der Waals surface area contributed by atoms with E-state index < -0.39 is 0 Å². The van der Waals surface area contributed by atoms with Gasteiger partial charge in [0.15, 0.2) is 0 Å². The van der Waals surface area contributed by atoms with Crippen molar-refractivity contribution in [1.82, 2.24) is 5.32 Å². The van der Waals surface area contributed by atoms with Crippen molar-refractivity contribution in [2.45, 2.75) is 6.92 Å². The second-order valence-corrected chi connectivity index (χ2v) is 2.30. The summed E-state index contributed by atoms with van der Waals surface area (Å²) in [6.07, 6.45) is 3.86. The van der Waals surface area contributed by atoms with Gasteiger partial charge in [-0.15, -0.1) is 0 Å². The molecule has 56 valence electrons. The summed E-state index contributed by atoms with van der Waals surface area (Å²) < 4.78 is 0. The second-order valence-electron chi connectivity index (χ2n) is 2.30. The quantitative estimate of drug-likeness (QED) is 0.583. The zero-order chi connectivity index (χ0) is 7.98. The summed E-state index contributed by atoms with van der Waals surface area (Å²) in [6, 6.07) is 0. The highest BCUT2D eigenvalue weighted by Gasteiger charge is 1.86. The van der Waals surface area contributed by atoms with E-state index >= 15 is 0 Å². The van der Waals surface area contributed by atoms with Crippen LogP contribution in [0.5, 0.6) is 0 Å². The third-order valence-electron chi connectivity index (χ3n) is 1.07. The molecule has 0 aromatic rings. The van der Waals surface area contributed by atoms with Gasteiger partial charge in [-0.25, -0.2) is 0 Å². The summed E-state index contributed by atoms with van der Waals surface area (Å²) >= 11 is 0. The normalized spacial score (nSPS) is 11.2. The van der Waals surface area contributed by atoms with Gasteiger partial charge in [-0.1, -0.05) is 30.9 Å². The maximum Gasteiger partial charge on any atom is 0.0202 e. The number of hydrogen-bond acceptors (Lipinski definition) is 1. The first-order chi connectivity index (χ1) is 4.70. The van der Waals surface area contributed by atoms with Gasteiger partial charge < -0.3 is 5.32 Å². The van der Waals surface area contributed by atoms with Crippen molar-refractivity contribution >= 4 is 0 Å². The lowest BCUT2D eigenvalue weighted by molar-refractivity contribution is 0.895. The Labute approximate surface area is 63.1 Å². The average molecular weight is 137 g/mol. The van der Waals surface area contributed by atoms with Crippen LogP contribution in [-0.2, 0) is 0 Å². The Hall–Kier alpha value is -0.820. The maximum absolute atomic E-state index is 3.77. The van der Waals surface area contributed by atoms with E-state index in [0.29, 0.717) is 0 Å². The molecule has 0 aromatic heterocycles. The summed E-state index contributed by atoms with van der Waals surface area (Å²) in [7, 11) is 1.91. The SMILES string of the molecule is C=C/C(=C\C(=C)C)CNC. The van der Waals surface area contributed by atoms with Gasteiger partial charge in [0.05, 0.1) is 0 Å². The van der Waals surface area contributed by atoms with E-state index in [2.05, 4.69) is 18.5 Å². The van der Waals surface area contributed by atoms with E-state index in [1.54, 1.807) is 0 Å². The molecule has 0 rings (SSSR count). The van der Waals surface area contributed by atoms with Gasteiger partial charge >= 0.3 is 0 Å². The Morgan fingerprint density at radius 3 is 2.50 bits per heavy atom. The van der Waals surface area contributed by atoms with Crippen LogP contribution in [0.2, 0.25) is 0 Å². The molecule has 0 atom stereocenters. The number of hydrogen-bond donors (Lipinski definition) is 1. The highest BCUT2D eigenvalue weighted by Crippen LogP contribution is 1.98. The molecule has 0 saturated heterocycles. The standard InChI is InChI=1S/C9H15N/c1-5-9(7-10-4)6-8(2)3/h5-6,10H,1-2,7H2,3-4H3/b9-6+. The molecule has 0 amide bonds. The molecule has 0 fully saturated rings. The summed E-state index contributed by atoms with van der Waals surface area (Å²) in [4.78, 5) is 0. The van der Waals surface area contributed by atoms with Crippen molar-refractivity contribution in [3.05, 3.63) is 36.5 Å². The molecule has 0 saturated carbocycles. The zero-order valence-electron chi connectivity index (χ0n) is 6.78. The summed E-state index contributed by atoms with van der Waals surface area (Å²) in [5, 5.41) is 3.04. The summed E-state index contributed by atoms with van der Waals surface area (Å²) in [6.45, 7) is 10.3. The van der Waals surface area contributed by atoms with E-state index in [4.69, 9.17) is 0 Å². The third kappa shape index (κ3) is 4.10. The molecule has 1 heteroatoms. The minimum absolute atomic E-state index is 0.857. The van der Waals surface area contributed by atoms with Crippen molar-refractivity contribution in [2.75, 3.05) is 13.6 Å². The Kier molecular flexibility index (Phi) is 4.59. The molecule has 0 aliphatic rings. The minimum atomic E-state index is 0.857. The average Bonchev–Trinajstić information content (AvgIpc) is 1.86. The Bertz CT molecular complexity index is 154. The number of likely N-dealkylation sites (N-methyl/N-ethyl adjacent to an activating group) is 1. The van der Waals surface area contributed by atoms with Crippen LogP contribution in [0.25, 0.3) is 0 Å². The molecule has 1 nitrogen and oxygen atoms in total. The van der Waals surface area contributed by atoms with Crippen LogP contribution >= 0.6 is 0 Å². The first-order valence-electron chi connectivity index (χ1n) is 3.33. The topological polar surface area (TPSA) is 12.0 Å². The van der Waals surface area contributed by atoms with Crippen LogP contribution in [-0.4, -0.2) is 13.6 Å². The lowest BCUT2D eigenvalue weighted by Gasteiger charge is -1.98. The molecule has 0 radical (unpaired) electrons. The van der Waals surface area contributed by atoms with Gasteiger partial charge in [-0.2, -0.15) is 0 Å². The van der Waals surface area contributed by atoms with Crippen molar-refractivity contribution < 1.29 is 0 Å². The lowest BCUT2D eigenvalue weighted by Crippen LogP contribution is -2.08. The summed E-state index contributed by atoms with van der Waals surface area (Å²) in [5.41, 5.74) is 2.24. The molecular formula is C9H15N. The van der Waals surface area contributed by atoms with Gasteiger partial charge in [0.2, 0.25) is 0 Å². The fourth-order valence-corrected chi connectivity index (χ4v) is 0.703. The van der Waals surface area contributed by atoms with Gasteiger partial charge in [-0.3, -0.25) is 0 Å². The smallest absolute Gasteiger partial charge is 0.0202 e. The van der Waals surface area contributed by atoms with Crippen LogP contribution < -0.4 is 5.32 Å². The van der Waals surface area contributed by atoms with E-state index in [9.17, 15) is 0 Å². The van der Waals surface area contributed by atoms with Crippen molar-refractivity contribution in [2.24, 2.45) is 0 Å². The third-order valence-corrected chi connectivity index (χ3v) is 1.07. The van der Waals surface area contributed by atoms with E-state index in [-0.39, 0.29) is 0 Å². The Balaban J connectivity index is 4.03. The number of allylic oxidation sites excluding steroid dienone is 2. The number of rotatable bonds is 4. The van der Waals surface area contributed by atoms with Crippen LogP contribution in [0.3, 0.4) is 0 Å². The molecule has 0 aliphatic heterocycles. The van der Waals surface area contributed by atoms with Crippen molar-refractivity contribution in [1.29, 1.82) is 0 Å². The van der Waals surface area contributed by atoms with Crippen LogP contribution in [0.15, 0.2) is 36.5 Å². The van der Waals surface area contributed by atoms with Gasteiger partial charge in [0.1, 0.15) is 0 Å². The van der Waals surface area contributed by atoms with E-state index in [1.807, 2.05) is 26.1 Å². The second kappa shape index (κ2) is 5.00. The van der Waals surface area contributed by atoms with Crippen LogP contribution in [0.1, 0.15) is 6.92 Å². The largest absolute Gasteiger partial charge is 0.316 e.